The van der Waals surface area contributed by atoms with E-state index in [2.05, 4.69) is 10.4 Å². The second kappa shape index (κ2) is 8.18. The Morgan fingerprint density at radius 3 is 2.59 bits per heavy atom. The lowest BCUT2D eigenvalue weighted by Crippen LogP contribution is -2.34. The highest BCUT2D eigenvalue weighted by molar-refractivity contribution is 5.94. The minimum absolute atomic E-state index is 0.316. The van der Waals surface area contributed by atoms with Gasteiger partial charge < -0.3 is 14.8 Å². The third-order valence-corrected chi connectivity index (χ3v) is 4.69. The summed E-state index contributed by atoms with van der Waals surface area (Å²) in [5, 5.41) is 7.30. The maximum atomic E-state index is 12.9. The number of ether oxygens (including phenoxy) is 2. The standard InChI is InChI=1S/C22H21N3O4/c1-2-18(22(27)23-16-8-10-19-20(14-16)29-13-12-28-19)25-21(26)11-9-17(24-25)15-6-4-3-5-7-15/h3-11,14,18H,2,12-13H2,1H3,(H,23,27)/t18-/m1/s1. The van der Waals surface area contributed by atoms with Crippen molar-refractivity contribution in [3.05, 3.63) is 71.0 Å². The third kappa shape index (κ3) is 3.99. The van der Waals surface area contributed by atoms with Crippen molar-refractivity contribution in [2.24, 2.45) is 0 Å². The molecule has 7 nitrogen and oxygen atoms in total. The van der Waals surface area contributed by atoms with Crippen LogP contribution in [-0.2, 0) is 4.79 Å². The van der Waals surface area contributed by atoms with Gasteiger partial charge in [0.25, 0.3) is 5.56 Å². The van der Waals surface area contributed by atoms with Gasteiger partial charge >= 0.3 is 0 Å². The van der Waals surface area contributed by atoms with Crippen LogP contribution in [0.25, 0.3) is 11.3 Å². The maximum Gasteiger partial charge on any atom is 0.267 e. The van der Waals surface area contributed by atoms with Gasteiger partial charge in [-0.15, -0.1) is 0 Å². The number of hydrogen-bond donors (Lipinski definition) is 1. The van der Waals surface area contributed by atoms with Crippen molar-refractivity contribution in [3.8, 4) is 22.8 Å². The fraction of sp³-hybridized carbons (Fsp3) is 0.227. The molecule has 2 heterocycles. The Hall–Kier alpha value is -3.61. The first-order valence-electron chi connectivity index (χ1n) is 9.51. The van der Waals surface area contributed by atoms with Gasteiger partial charge in [0, 0.05) is 23.4 Å². The van der Waals surface area contributed by atoms with Gasteiger partial charge in [0.2, 0.25) is 5.91 Å². The lowest BCUT2D eigenvalue weighted by Gasteiger charge is -2.20. The number of benzene rings is 2. The van der Waals surface area contributed by atoms with E-state index in [0.717, 1.165) is 5.56 Å². The molecule has 1 aliphatic rings. The van der Waals surface area contributed by atoms with E-state index in [1.54, 1.807) is 24.3 Å². The molecule has 1 atom stereocenters. The molecule has 0 unspecified atom stereocenters. The van der Waals surface area contributed by atoms with E-state index in [1.165, 1.54) is 10.7 Å². The summed E-state index contributed by atoms with van der Waals surface area (Å²) in [7, 11) is 0. The Labute approximate surface area is 167 Å². The molecule has 1 N–H and O–H groups in total. The topological polar surface area (TPSA) is 82.4 Å². The molecule has 2 aromatic carbocycles. The highest BCUT2D eigenvalue weighted by atomic mass is 16.6. The normalized spacial score (nSPS) is 13.6. The van der Waals surface area contributed by atoms with Crippen molar-refractivity contribution < 1.29 is 14.3 Å². The predicted octanol–water partition coefficient (Wildman–Crippen LogP) is 3.27. The van der Waals surface area contributed by atoms with Gasteiger partial charge in [0.15, 0.2) is 11.5 Å². The third-order valence-electron chi connectivity index (χ3n) is 4.69. The Morgan fingerprint density at radius 1 is 1.07 bits per heavy atom. The lowest BCUT2D eigenvalue weighted by atomic mass is 10.1. The number of aromatic nitrogens is 2. The van der Waals surface area contributed by atoms with Crippen LogP contribution in [0.5, 0.6) is 11.5 Å². The number of nitrogens with one attached hydrogen (secondary N) is 1. The molecule has 0 bridgehead atoms. The highest BCUT2D eigenvalue weighted by Crippen LogP contribution is 2.32. The molecule has 0 aliphatic carbocycles. The van der Waals surface area contributed by atoms with Gasteiger partial charge in [-0.1, -0.05) is 37.3 Å². The zero-order valence-electron chi connectivity index (χ0n) is 16.0. The van der Waals surface area contributed by atoms with Crippen LogP contribution in [0.15, 0.2) is 65.5 Å². The molecule has 0 saturated heterocycles. The predicted molar refractivity (Wildman–Crippen MR) is 109 cm³/mol. The molecular formula is C22H21N3O4. The first-order valence-corrected chi connectivity index (χ1v) is 9.51. The molecule has 148 valence electrons. The molecule has 1 aromatic heterocycles. The van der Waals surface area contributed by atoms with Gasteiger partial charge in [-0.3, -0.25) is 9.59 Å². The summed E-state index contributed by atoms with van der Waals surface area (Å²) >= 11 is 0. The number of anilines is 1. The van der Waals surface area contributed by atoms with Crippen molar-refractivity contribution in [1.82, 2.24) is 9.78 Å². The first-order chi connectivity index (χ1) is 14.2. The zero-order valence-corrected chi connectivity index (χ0v) is 16.0. The van der Waals surface area contributed by atoms with E-state index in [1.807, 2.05) is 37.3 Å². The van der Waals surface area contributed by atoms with Crippen molar-refractivity contribution in [1.29, 1.82) is 0 Å². The largest absolute Gasteiger partial charge is 0.486 e. The number of hydrogen-bond acceptors (Lipinski definition) is 5. The van der Waals surface area contributed by atoms with Crippen LogP contribution < -0.4 is 20.3 Å². The molecule has 3 aromatic rings. The molecule has 0 spiro atoms. The van der Waals surface area contributed by atoms with Crippen molar-refractivity contribution >= 4 is 11.6 Å². The molecule has 1 aliphatic heterocycles. The average molecular weight is 391 g/mol. The highest BCUT2D eigenvalue weighted by Gasteiger charge is 2.22. The second-order valence-corrected chi connectivity index (χ2v) is 6.64. The molecular weight excluding hydrogens is 370 g/mol. The monoisotopic (exact) mass is 391 g/mol. The summed E-state index contributed by atoms with van der Waals surface area (Å²) < 4.78 is 12.3. The summed E-state index contributed by atoms with van der Waals surface area (Å²) in [5.74, 6) is 0.919. The van der Waals surface area contributed by atoms with E-state index in [-0.39, 0.29) is 11.5 Å². The van der Waals surface area contributed by atoms with Gasteiger partial charge in [-0.05, 0) is 24.6 Å². The molecule has 4 rings (SSSR count). The van der Waals surface area contributed by atoms with Crippen LogP contribution in [0.1, 0.15) is 19.4 Å². The second-order valence-electron chi connectivity index (χ2n) is 6.64. The SMILES string of the molecule is CC[C@H](C(=O)Nc1ccc2c(c1)OCCO2)n1nc(-c2ccccc2)ccc1=O. The van der Waals surface area contributed by atoms with Crippen LogP contribution in [0, 0.1) is 0 Å². The van der Waals surface area contributed by atoms with Gasteiger partial charge in [-0.2, -0.15) is 5.10 Å². The number of nitrogens with zero attached hydrogens (tertiary/aromatic N) is 2. The van der Waals surface area contributed by atoms with Crippen LogP contribution in [0.3, 0.4) is 0 Å². The van der Waals surface area contributed by atoms with E-state index in [4.69, 9.17) is 9.47 Å². The molecule has 0 radical (unpaired) electrons. The quantitative estimate of drug-likeness (QED) is 0.722. The smallest absolute Gasteiger partial charge is 0.267 e. The van der Waals surface area contributed by atoms with E-state index < -0.39 is 6.04 Å². The Kier molecular flexibility index (Phi) is 5.29. The van der Waals surface area contributed by atoms with Gasteiger partial charge in [0.1, 0.15) is 19.3 Å². The van der Waals surface area contributed by atoms with Crippen LogP contribution in [0.4, 0.5) is 5.69 Å². The molecule has 0 saturated carbocycles. The number of fused-ring (bicyclic) bond motifs is 1. The van der Waals surface area contributed by atoms with Crippen LogP contribution in [-0.4, -0.2) is 28.9 Å². The number of rotatable bonds is 5. The van der Waals surface area contributed by atoms with E-state index in [9.17, 15) is 9.59 Å². The first kappa shape index (κ1) is 18.7. The molecule has 0 fully saturated rings. The van der Waals surface area contributed by atoms with E-state index >= 15 is 0 Å². The van der Waals surface area contributed by atoms with Crippen molar-refractivity contribution in [2.75, 3.05) is 18.5 Å². The van der Waals surface area contributed by atoms with Crippen LogP contribution in [0.2, 0.25) is 0 Å². The summed E-state index contributed by atoms with van der Waals surface area (Å²) in [6.07, 6.45) is 0.418. The summed E-state index contributed by atoms with van der Waals surface area (Å²) in [5.41, 5.74) is 1.76. The van der Waals surface area contributed by atoms with Gasteiger partial charge in [0.05, 0.1) is 5.69 Å². The summed E-state index contributed by atoms with van der Waals surface area (Å²) in [6.45, 7) is 2.81. The lowest BCUT2D eigenvalue weighted by molar-refractivity contribution is -0.119. The Bertz CT molecular complexity index is 1080. The maximum absolute atomic E-state index is 12.9. The number of carbonyl (C=O) groups is 1. The Balaban J connectivity index is 1.60. The van der Waals surface area contributed by atoms with Crippen molar-refractivity contribution in [3.63, 3.8) is 0 Å². The Morgan fingerprint density at radius 2 is 1.83 bits per heavy atom. The van der Waals surface area contributed by atoms with Crippen LogP contribution >= 0.6 is 0 Å². The minimum Gasteiger partial charge on any atom is -0.486 e. The van der Waals surface area contributed by atoms with E-state index in [0.29, 0.717) is 42.5 Å². The van der Waals surface area contributed by atoms with Gasteiger partial charge in [-0.25, -0.2) is 4.68 Å². The summed E-state index contributed by atoms with van der Waals surface area (Å²) in [4.78, 5) is 25.4. The number of carbonyl (C=O) groups excluding carboxylic acids is 1. The summed E-state index contributed by atoms with van der Waals surface area (Å²) in [6, 6.07) is 17.1. The minimum atomic E-state index is -0.737. The average Bonchev–Trinajstić information content (AvgIpc) is 2.76. The fourth-order valence-corrected chi connectivity index (χ4v) is 3.23. The molecule has 7 heteroatoms. The number of amides is 1. The fourth-order valence-electron chi connectivity index (χ4n) is 3.23. The van der Waals surface area contributed by atoms with Crippen molar-refractivity contribution in [2.45, 2.75) is 19.4 Å². The molecule has 1 amide bonds. The molecule has 29 heavy (non-hydrogen) atoms. The zero-order chi connectivity index (χ0) is 20.2.